The highest BCUT2D eigenvalue weighted by Gasteiger charge is 2.28. The Bertz CT molecular complexity index is 1410. The van der Waals surface area contributed by atoms with Gasteiger partial charge in [-0.25, -0.2) is 15.0 Å². The molecule has 0 aliphatic carbocycles. The number of nitrogens with one attached hydrogen (secondary N) is 3. The van der Waals surface area contributed by atoms with Gasteiger partial charge in [-0.15, -0.1) is 0 Å². The number of nitrogens with zero attached hydrogens (tertiary/aromatic N) is 3. The van der Waals surface area contributed by atoms with E-state index in [-0.39, 0.29) is 24.0 Å². The van der Waals surface area contributed by atoms with Gasteiger partial charge in [-0.05, 0) is 31.4 Å². The molecule has 5 rings (SSSR count). The van der Waals surface area contributed by atoms with E-state index in [9.17, 15) is 4.79 Å². The first-order chi connectivity index (χ1) is 19.9. The third kappa shape index (κ3) is 6.43. The van der Waals surface area contributed by atoms with Gasteiger partial charge in [-0.3, -0.25) is 4.79 Å². The van der Waals surface area contributed by atoms with Gasteiger partial charge in [0.15, 0.2) is 5.82 Å². The van der Waals surface area contributed by atoms with Gasteiger partial charge in [-0.1, -0.05) is 29.8 Å². The van der Waals surface area contributed by atoms with Gasteiger partial charge in [0.2, 0.25) is 11.9 Å². The van der Waals surface area contributed by atoms with Gasteiger partial charge in [0.25, 0.3) is 0 Å². The van der Waals surface area contributed by atoms with E-state index in [0.717, 1.165) is 18.2 Å². The van der Waals surface area contributed by atoms with Gasteiger partial charge in [0.1, 0.15) is 17.0 Å². The fraction of sp³-hybridized carbons (Fsp3) is 0.429. The zero-order valence-corrected chi connectivity index (χ0v) is 24.3. The Balaban J connectivity index is 1.56. The maximum absolute atomic E-state index is 12.0. The van der Waals surface area contributed by atoms with E-state index in [4.69, 9.17) is 52.1 Å². The number of amides is 1. The lowest BCUT2D eigenvalue weighted by molar-refractivity contribution is -0.117. The number of pyridine rings is 1. The molecule has 2 aromatic heterocycles. The molecule has 2 aliphatic heterocycles. The van der Waals surface area contributed by atoms with Gasteiger partial charge in [-0.2, -0.15) is 0 Å². The third-order valence-electron chi connectivity index (χ3n) is 7.14. The van der Waals surface area contributed by atoms with Crippen molar-refractivity contribution in [2.24, 2.45) is 0 Å². The smallest absolute Gasteiger partial charge is 0.243 e. The van der Waals surface area contributed by atoms with Gasteiger partial charge in [0.05, 0.1) is 48.6 Å². The summed E-state index contributed by atoms with van der Waals surface area (Å²) in [4.78, 5) is 26.3. The van der Waals surface area contributed by atoms with E-state index >= 15 is 0 Å². The summed E-state index contributed by atoms with van der Waals surface area (Å²) in [5.74, 6) is 1.52. The fourth-order valence-corrected chi connectivity index (χ4v) is 5.64. The van der Waals surface area contributed by atoms with Crippen LogP contribution in [0.3, 0.4) is 0 Å². The molecule has 0 bridgehead atoms. The summed E-state index contributed by atoms with van der Waals surface area (Å²) in [6, 6.07) is 3.21. The first-order valence-corrected chi connectivity index (χ1v) is 14.1. The maximum Gasteiger partial charge on any atom is 0.243 e. The Morgan fingerprint density at radius 1 is 1.00 bits per heavy atom. The van der Waals surface area contributed by atoms with Crippen molar-refractivity contribution in [3.05, 3.63) is 41.0 Å². The second kappa shape index (κ2) is 13.1. The molecule has 3 N–H and O–H groups in total. The Kier molecular flexibility index (Phi) is 9.29. The van der Waals surface area contributed by atoms with E-state index in [1.807, 2.05) is 6.07 Å². The highest BCUT2D eigenvalue weighted by atomic mass is 35.5. The van der Waals surface area contributed by atoms with Crippen molar-refractivity contribution < 1.29 is 23.7 Å². The van der Waals surface area contributed by atoms with Crippen LogP contribution in [-0.4, -0.2) is 79.6 Å². The number of rotatable bonds is 9. The zero-order chi connectivity index (χ0) is 28.9. The number of anilines is 2. The van der Waals surface area contributed by atoms with E-state index in [1.54, 1.807) is 12.3 Å². The van der Waals surface area contributed by atoms with Crippen LogP contribution >= 0.6 is 23.2 Å². The van der Waals surface area contributed by atoms with Crippen molar-refractivity contribution in [1.82, 2.24) is 20.3 Å². The number of hydrogen-bond donors (Lipinski definition) is 3. The molecule has 1 amide bonds. The predicted molar refractivity (Wildman–Crippen MR) is 158 cm³/mol. The number of benzene rings is 1. The van der Waals surface area contributed by atoms with E-state index in [2.05, 4.69) is 27.5 Å². The SMILES string of the molecule is C=CC(=O)N[C@H]1CCOC[C@H]1Nc1ncc2cc(-c3c(Cl)c(OC)cc(OC)c3Cl)nc(NC3CCOCC3)c2n1. The van der Waals surface area contributed by atoms with Crippen molar-refractivity contribution in [3.63, 3.8) is 0 Å². The minimum absolute atomic E-state index is 0.136. The van der Waals surface area contributed by atoms with Gasteiger partial charge >= 0.3 is 0 Å². The predicted octanol–water partition coefficient (Wildman–Crippen LogP) is 4.48. The summed E-state index contributed by atoms with van der Waals surface area (Å²) in [6.07, 6.45) is 5.26. The first kappa shape index (κ1) is 29.1. The first-order valence-electron chi connectivity index (χ1n) is 13.3. The van der Waals surface area contributed by atoms with Crippen LogP contribution < -0.4 is 25.4 Å². The van der Waals surface area contributed by atoms with Crippen LogP contribution in [0.25, 0.3) is 22.2 Å². The second-order valence-electron chi connectivity index (χ2n) is 9.74. The summed E-state index contributed by atoms with van der Waals surface area (Å²) < 4.78 is 22.1. The quantitative estimate of drug-likeness (QED) is 0.301. The van der Waals surface area contributed by atoms with Gasteiger partial charge < -0.3 is 34.9 Å². The summed E-state index contributed by atoms with van der Waals surface area (Å²) in [5.41, 5.74) is 1.60. The molecule has 1 aromatic carbocycles. The number of carbonyl (C=O) groups is 1. The fourth-order valence-electron chi connectivity index (χ4n) is 4.94. The molecule has 13 heteroatoms. The number of hydrogen-bond acceptors (Lipinski definition) is 10. The molecule has 0 saturated carbocycles. The number of halogens is 2. The molecule has 0 radical (unpaired) electrons. The topological polar surface area (TPSA) is 129 Å². The molecule has 2 aliphatic rings. The molecule has 0 unspecified atom stereocenters. The Morgan fingerprint density at radius 3 is 2.39 bits per heavy atom. The molecule has 2 atom stereocenters. The normalized spacial score (nSPS) is 19.4. The highest BCUT2D eigenvalue weighted by Crippen LogP contribution is 2.46. The van der Waals surface area contributed by atoms with Crippen LogP contribution in [0, 0.1) is 0 Å². The molecule has 0 spiro atoms. The van der Waals surface area contributed by atoms with E-state index in [1.165, 1.54) is 20.3 Å². The van der Waals surface area contributed by atoms with Gasteiger partial charge in [0, 0.05) is 49.1 Å². The van der Waals surface area contributed by atoms with Crippen LogP contribution in [0.4, 0.5) is 11.8 Å². The van der Waals surface area contributed by atoms with Crippen molar-refractivity contribution in [3.8, 4) is 22.8 Å². The van der Waals surface area contributed by atoms with Crippen molar-refractivity contribution >= 4 is 51.8 Å². The number of ether oxygens (including phenoxy) is 4. The van der Waals surface area contributed by atoms with Crippen LogP contribution in [0.5, 0.6) is 11.5 Å². The largest absolute Gasteiger partial charge is 0.495 e. The van der Waals surface area contributed by atoms with E-state index < -0.39 is 0 Å². The lowest BCUT2D eigenvalue weighted by Gasteiger charge is -2.32. The van der Waals surface area contributed by atoms with Crippen LogP contribution in [-0.2, 0) is 14.3 Å². The third-order valence-corrected chi connectivity index (χ3v) is 7.89. The monoisotopic (exact) mass is 602 g/mol. The van der Waals surface area contributed by atoms with Crippen LogP contribution in [0.1, 0.15) is 19.3 Å². The lowest BCUT2D eigenvalue weighted by atomic mass is 10.0. The summed E-state index contributed by atoms with van der Waals surface area (Å²) in [6.45, 7) is 5.79. The molecule has 4 heterocycles. The molecule has 2 saturated heterocycles. The van der Waals surface area contributed by atoms with Crippen molar-refractivity contribution in [2.45, 2.75) is 37.4 Å². The Labute approximate surface area is 247 Å². The van der Waals surface area contributed by atoms with Crippen molar-refractivity contribution in [1.29, 1.82) is 0 Å². The second-order valence-corrected chi connectivity index (χ2v) is 10.5. The molecule has 2 fully saturated rings. The minimum Gasteiger partial charge on any atom is -0.495 e. The molecule has 41 heavy (non-hydrogen) atoms. The summed E-state index contributed by atoms with van der Waals surface area (Å²) in [5, 5.41) is 11.2. The van der Waals surface area contributed by atoms with Crippen LogP contribution in [0.2, 0.25) is 10.0 Å². The number of methoxy groups -OCH3 is 2. The summed E-state index contributed by atoms with van der Waals surface area (Å²) in [7, 11) is 3.05. The summed E-state index contributed by atoms with van der Waals surface area (Å²) >= 11 is 13.5. The molecule has 3 aromatic rings. The van der Waals surface area contributed by atoms with Crippen LogP contribution in [0.15, 0.2) is 31.0 Å². The molecular formula is C28H32Cl2N6O5. The van der Waals surface area contributed by atoms with E-state index in [0.29, 0.717) is 82.9 Å². The highest BCUT2D eigenvalue weighted by molar-refractivity contribution is 6.41. The number of carbonyl (C=O) groups excluding carboxylic acids is 1. The average molecular weight is 604 g/mol. The maximum atomic E-state index is 12.0. The number of fused-ring (bicyclic) bond motifs is 1. The molecule has 11 nitrogen and oxygen atoms in total. The molecule has 218 valence electrons. The number of aromatic nitrogens is 3. The lowest BCUT2D eigenvalue weighted by Crippen LogP contribution is -2.52. The Morgan fingerprint density at radius 2 is 1.71 bits per heavy atom. The standard InChI is InChI=1S/C28H32Cl2N6O5/c1-4-22(37)33-17-7-10-41-14-19(17)35-28-31-13-15-11-18(23-24(29)20(38-2)12-21(39-3)25(23)30)34-27(26(15)36-28)32-16-5-8-40-9-6-16/h4,11-13,16-17,19H,1,5-10,14H2,2-3H3,(H,32,34)(H,33,37)(H,31,35,36)/t17-,19+/m0/s1. The average Bonchev–Trinajstić information content (AvgIpc) is 2.99. The van der Waals surface area contributed by atoms with Crippen molar-refractivity contribution in [2.75, 3.05) is 51.3 Å². The minimum atomic E-state index is -0.241. The molecular weight excluding hydrogens is 571 g/mol. The Hall–Kier alpha value is -3.38. The zero-order valence-electron chi connectivity index (χ0n) is 22.8.